The predicted octanol–water partition coefficient (Wildman–Crippen LogP) is 8.72. The first-order chi connectivity index (χ1) is 18.2. The second kappa shape index (κ2) is 9.36. The van der Waals surface area contributed by atoms with Crippen LogP contribution in [0.2, 0.25) is 0 Å². The zero-order valence-corrected chi connectivity index (χ0v) is 20.7. The molecule has 3 nitrogen and oxygen atoms in total. The van der Waals surface area contributed by atoms with Crippen LogP contribution in [-0.4, -0.2) is 19.3 Å². The van der Waals surface area contributed by atoms with Gasteiger partial charge in [0.1, 0.15) is 17.2 Å². The van der Waals surface area contributed by atoms with Gasteiger partial charge < -0.3 is 14.6 Å². The molecular weight excluding hydrogens is 456 g/mol. The van der Waals surface area contributed by atoms with Crippen molar-refractivity contribution < 1.29 is 14.6 Å². The highest BCUT2D eigenvalue weighted by Crippen LogP contribution is 2.46. The van der Waals surface area contributed by atoms with Crippen molar-refractivity contribution in [2.24, 2.45) is 0 Å². The number of methoxy groups -OCH3 is 2. The van der Waals surface area contributed by atoms with Crippen LogP contribution in [0.3, 0.4) is 0 Å². The highest BCUT2D eigenvalue weighted by Gasteiger charge is 2.19. The molecule has 6 aromatic rings. The van der Waals surface area contributed by atoms with Crippen LogP contribution in [0.25, 0.3) is 54.9 Å². The van der Waals surface area contributed by atoms with Gasteiger partial charge in [-0.2, -0.15) is 0 Å². The molecule has 0 spiro atoms. The molecule has 37 heavy (non-hydrogen) atoms. The highest BCUT2D eigenvalue weighted by atomic mass is 16.5. The Hall–Kier alpha value is -4.76. The first-order valence-corrected chi connectivity index (χ1v) is 12.2. The summed E-state index contributed by atoms with van der Waals surface area (Å²) in [7, 11) is 3.33. The van der Waals surface area contributed by atoms with Gasteiger partial charge in [0.2, 0.25) is 0 Å². The van der Waals surface area contributed by atoms with E-state index in [1.807, 2.05) is 54.6 Å². The molecule has 3 heteroatoms. The summed E-state index contributed by atoms with van der Waals surface area (Å²) in [5, 5.41) is 16.1. The Kier molecular flexibility index (Phi) is 5.74. The van der Waals surface area contributed by atoms with E-state index in [0.717, 1.165) is 66.4 Å². The molecule has 0 heterocycles. The van der Waals surface area contributed by atoms with Crippen LogP contribution in [0.4, 0.5) is 0 Å². The van der Waals surface area contributed by atoms with Crippen LogP contribution in [0.1, 0.15) is 0 Å². The average molecular weight is 483 g/mol. The summed E-state index contributed by atoms with van der Waals surface area (Å²) in [5.74, 6) is 1.86. The van der Waals surface area contributed by atoms with Crippen LogP contribution < -0.4 is 9.47 Å². The summed E-state index contributed by atoms with van der Waals surface area (Å²) in [6.45, 7) is 0. The van der Waals surface area contributed by atoms with Crippen LogP contribution in [0.15, 0.2) is 115 Å². The quantitative estimate of drug-likeness (QED) is 0.267. The predicted molar refractivity (Wildman–Crippen MR) is 153 cm³/mol. The van der Waals surface area contributed by atoms with Crippen molar-refractivity contribution in [2.45, 2.75) is 0 Å². The van der Waals surface area contributed by atoms with Crippen LogP contribution >= 0.6 is 0 Å². The monoisotopic (exact) mass is 482 g/mol. The van der Waals surface area contributed by atoms with Gasteiger partial charge in [0, 0.05) is 11.1 Å². The minimum absolute atomic E-state index is 0.265. The van der Waals surface area contributed by atoms with Crippen molar-refractivity contribution in [2.75, 3.05) is 14.2 Å². The second-order valence-electron chi connectivity index (χ2n) is 9.07. The topological polar surface area (TPSA) is 38.7 Å². The molecule has 0 fully saturated rings. The number of phenols is 1. The molecule has 0 aliphatic heterocycles. The van der Waals surface area contributed by atoms with E-state index >= 15 is 0 Å². The lowest BCUT2D eigenvalue weighted by Gasteiger charge is -2.18. The van der Waals surface area contributed by atoms with E-state index < -0.39 is 0 Å². The molecule has 0 atom stereocenters. The molecule has 0 amide bonds. The number of aromatic hydroxyl groups is 1. The molecular formula is C34H26O3. The lowest BCUT2D eigenvalue weighted by atomic mass is 9.87. The van der Waals surface area contributed by atoms with Gasteiger partial charge in [0.25, 0.3) is 0 Å². The molecule has 0 unspecified atom stereocenters. The van der Waals surface area contributed by atoms with E-state index in [2.05, 4.69) is 60.7 Å². The summed E-state index contributed by atoms with van der Waals surface area (Å²) in [6.07, 6.45) is 0. The largest absolute Gasteiger partial charge is 0.507 e. The zero-order valence-electron chi connectivity index (χ0n) is 20.7. The molecule has 6 rings (SSSR count). The molecule has 0 aliphatic rings. The van der Waals surface area contributed by atoms with Gasteiger partial charge in [-0.3, -0.25) is 0 Å². The molecule has 1 N–H and O–H groups in total. The Morgan fingerprint density at radius 3 is 1.65 bits per heavy atom. The number of fused-ring (bicyclic) bond motifs is 2. The summed E-state index contributed by atoms with van der Waals surface area (Å²) < 4.78 is 10.7. The van der Waals surface area contributed by atoms with Crippen LogP contribution in [0.5, 0.6) is 17.2 Å². The number of ether oxygens (including phenoxy) is 2. The molecule has 0 radical (unpaired) electrons. The molecule has 0 aliphatic carbocycles. The van der Waals surface area contributed by atoms with Crippen molar-refractivity contribution in [3.05, 3.63) is 115 Å². The molecule has 0 aromatic heterocycles. The Morgan fingerprint density at radius 1 is 0.486 bits per heavy atom. The Morgan fingerprint density at radius 2 is 1.03 bits per heavy atom. The van der Waals surface area contributed by atoms with E-state index in [9.17, 15) is 5.11 Å². The van der Waals surface area contributed by atoms with Crippen molar-refractivity contribution in [3.63, 3.8) is 0 Å². The maximum Gasteiger partial charge on any atom is 0.131 e. The van der Waals surface area contributed by atoms with E-state index in [1.165, 1.54) is 0 Å². The van der Waals surface area contributed by atoms with Crippen LogP contribution in [-0.2, 0) is 0 Å². The van der Waals surface area contributed by atoms with Gasteiger partial charge >= 0.3 is 0 Å². The Bertz CT molecular complexity index is 1730. The fourth-order valence-electron chi connectivity index (χ4n) is 5.07. The van der Waals surface area contributed by atoms with Crippen molar-refractivity contribution in [1.29, 1.82) is 0 Å². The van der Waals surface area contributed by atoms with Gasteiger partial charge in [-0.05, 0) is 86.3 Å². The first-order valence-electron chi connectivity index (χ1n) is 12.2. The van der Waals surface area contributed by atoms with Crippen LogP contribution in [0, 0.1) is 0 Å². The smallest absolute Gasteiger partial charge is 0.131 e. The van der Waals surface area contributed by atoms with Gasteiger partial charge in [-0.25, -0.2) is 0 Å². The van der Waals surface area contributed by atoms with E-state index in [1.54, 1.807) is 14.2 Å². The second-order valence-corrected chi connectivity index (χ2v) is 9.07. The third kappa shape index (κ3) is 4.05. The minimum atomic E-state index is 0.265. The number of rotatable bonds is 5. The minimum Gasteiger partial charge on any atom is -0.507 e. The normalized spacial score (nSPS) is 11.1. The number of hydrogen-bond donors (Lipinski definition) is 1. The van der Waals surface area contributed by atoms with E-state index in [-0.39, 0.29) is 5.75 Å². The lowest BCUT2D eigenvalue weighted by Crippen LogP contribution is -1.91. The average Bonchev–Trinajstić information content (AvgIpc) is 2.96. The van der Waals surface area contributed by atoms with Gasteiger partial charge in [0.15, 0.2) is 0 Å². The van der Waals surface area contributed by atoms with Gasteiger partial charge in [-0.15, -0.1) is 0 Å². The summed E-state index contributed by atoms with van der Waals surface area (Å²) in [5.41, 5.74) is 5.71. The summed E-state index contributed by atoms with van der Waals surface area (Å²) >= 11 is 0. The molecule has 0 saturated heterocycles. The van der Waals surface area contributed by atoms with E-state index in [4.69, 9.17) is 9.47 Å². The van der Waals surface area contributed by atoms with E-state index in [0.29, 0.717) is 0 Å². The SMILES string of the molecule is COc1ccc(-c2cc(-c3c(O)c(-c4ccc(OC)cc4)cc4ccccc34)c3ccccc3c2)cc1. The number of benzene rings is 6. The number of hydrogen-bond acceptors (Lipinski definition) is 3. The van der Waals surface area contributed by atoms with Crippen molar-refractivity contribution in [1.82, 2.24) is 0 Å². The fraction of sp³-hybridized carbons (Fsp3) is 0.0588. The molecule has 180 valence electrons. The molecule has 6 aromatic carbocycles. The molecule has 0 bridgehead atoms. The maximum atomic E-state index is 11.9. The van der Waals surface area contributed by atoms with Gasteiger partial charge in [-0.1, -0.05) is 72.8 Å². The zero-order chi connectivity index (χ0) is 25.4. The summed E-state index contributed by atoms with van der Waals surface area (Å²) in [6, 6.07) is 38.9. The first kappa shape index (κ1) is 22.7. The fourth-order valence-corrected chi connectivity index (χ4v) is 5.07. The third-order valence-corrected chi connectivity index (χ3v) is 6.98. The maximum absolute atomic E-state index is 11.9. The highest BCUT2D eigenvalue weighted by molar-refractivity contribution is 6.11. The summed E-state index contributed by atoms with van der Waals surface area (Å²) in [4.78, 5) is 0. The van der Waals surface area contributed by atoms with Gasteiger partial charge in [0.05, 0.1) is 14.2 Å². The number of phenolic OH excluding ortho intramolecular Hbond substituents is 1. The Labute approximate surface area is 216 Å². The van der Waals surface area contributed by atoms with Crippen molar-refractivity contribution in [3.8, 4) is 50.6 Å². The van der Waals surface area contributed by atoms with Crippen molar-refractivity contribution >= 4 is 21.5 Å². The standard InChI is InChI=1S/C34H26O3/c1-36-27-15-11-22(12-16-27)26-19-24-7-3-5-9-29(24)32(21-26)33-30-10-6-4-8-25(30)20-31(34(33)35)23-13-17-28(37-2)18-14-23/h3-21,35H,1-2H3. The molecule has 0 saturated carbocycles. The third-order valence-electron chi connectivity index (χ3n) is 6.98. The Balaban J connectivity index is 1.66. The lowest BCUT2D eigenvalue weighted by molar-refractivity contribution is 0.414.